The second kappa shape index (κ2) is 2.73. The first kappa shape index (κ1) is 8.55. The monoisotopic (exact) mass is 191 g/mol. The summed E-state index contributed by atoms with van der Waals surface area (Å²) in [6.45, 7) is 1.74. The number of rotatable bonds is 1. The Morgan fingerprint density at radius 2 is 2.36 bits per heavy atom. The first-order valence-corrected chi connectivity index (χ1v) is 4.07. The van der Waals surface area contributed by atoms with Crippen LogP contribution in [-0.4, -0.2) is 20.5 Å². The van der Waals surface area contributed by atoms with E-state index < -0.39 is 5.97 Å². The van der Waals surface area contributed by atoms with E-state index in [9.17, 15) is 4.79 Å². The summed E-state index contributed by atoms with van der Waals surface area (Å²) in [4.78, 5) is 14.9. The number of anilines is 1. The summed E-state index contributed by atoms with van der Waals surface area (Å²) in [6, 6.07) is 3.14. The number of fused-ring (bicyclic) bond motifs is 1. The molecule has 0 saturated heterocycles. The van der Waals surface area contributed by atoms with Crippen LogP contribution >= 0.6 is 0 Å². The molecule has 2 heterocycles. The van der Waals surface area contributed by atoms with Gasteiger partial charge in [0.2, 0.25) is 0 Å². The van der Waals surface area contributed by atoms with Gasteiger partial charge in [-0.1, -0.05) is 0 Å². The maximum atomic E-state index is 10.8. The smallest absolute Gasteiger partial charge is 0.339 e. The summed E-state index contributed by atoms with van der Waals surface area (Å²) < 4.78 is 1.57. The van der Waals surface area contributed by atoms with Crippen molar-refractivity contribution in [3.05, 3.63) is 29.6 Å². The van der Waals surface area contributed by atoms with Crippen molar-refractivity contribution >= 4 is 17.4 Å². The van der Waals surface area contributed by atoms with Crippen molar-refractivity contribution in [2.24, 2.45) is 0 Å². The average Bonchev–Trinajstić information content (AvgIpc) is 2.43. The SMILES string of the molecule is Cc1nc2c(C(=O)O)cccn2c1N. The summed E-state index contributed by atoms with van der Waals surface area (Å²) in [7, 11) is 0. The van der Waals surface area contributed by atoms with Gasteiger partial charge >= 0.3 is 5.97 Å². The van der Waals surface area contributed by atoms with Gasteiger partial charge in [0, 0.05) is 6.20 Å². The average molecular weight is 191 g/mol. The molecule has 0 aromatic carbocycles. The van der Waals surface area contributed by atoms with Crippen molar-refractivity contribution in [2.45, 2.75) is 6.92 Å². The van der Waals surface area contributed by atoms with Crippen LogP contribution in [0.25, 0.3) is 5.65 Å². The molecule has 0 bridgehead atoms. The zero-order valence-electron chi connectivity index (χ0n) is 7.56. The molecule has 0 spiro atoms. The predicted molar refractivity (Wildman–Crippen MR) is 51.3 cm³/mol. The van der Waals surface area contributed by atoms with Gasteiger partial charge in [-0.2, -0.15) is 0 Å². The number of carboxylic acid groups (broad SMARTS) is 1. The van der Waals surface area contributed by atoms with Gasteiger partial charge in [-0.3, -0.25) is 4.40 Å². The van der Waals surface area contributed by atoms with Gasteiger partial charge in [0.05, 0.1) is 5.69 Å². The van der Waals surface area contributed by atoms with Crippen molar-refractivity contribution in [1.29, 1.82) is 0 Å². The van der Waals surface area contributed by atoms with E-state index in [-0.39, 0.29) is 5.56 Å². The first-order valence-electron chi connectivity index (χ1n) is 4.07. The van der Waals surface area contributed by atoms with Gasteiger partial charge < -0.3 is 10.8 Å². The number of aromatic carboxylic acids is 1. The zero-order valence-corrected chi connectivity index (χ0v) is 7.56. The van der Waals surface area contributed by atoms with E-state index in [1.165, 1.54) is 6.07 Å². The topological polar surface area (TPSA) is 80.6 Å². The molecule has 0 saturated carbocycles. The van der Waals surface area contributed by atoms with Crippen LogP contribution in [0.15, 0.2) is 18.3 Å². The van der Waals surface area contributed by atoms with Gasteiger partial charge in [0.15, 0.2) is 5.65 Å². The molecule has 0 aliphatic rings. The van der Waals surface area contributed by atoms with Gasteiger partial charge in [-0.15, -0.1) is 0 Å². The number of carbonyl (C=O) groups is 1. The van der Waals surface area contributed by atoms with E-state index >= 15 is 0 Å². The molecule has 0 radical (unpaired) electrons. The van der Waals surface area contributed by atoms with Crippen molar-refractivity contribution in [1.82, 2.24) is 9.38 Å². The van der Waals surface area contributed by atoms with Crippen LogP contribution in [0.3, 0.4) is 0 Å². The normalized spacial score (nSPS) is 10.6. The third-order valence-corrected chi connectivity index (χ3v) is 2.10. The summed E-state index contributed by atoms with van der Waals surface area (Å²) in [5, 5.41) is 8.89. The standard InChI is InChI=1S/C9H9N3O2/c1-5-7(10)12-4-2-3-6(9(13)14)8(12)11-5/h2-4H,10H2,1H3,(H,13,14). The molecule has 0 atom stereocenters. The number of carboxylic acids is 1. The second-order valence-electron chi connectivity index (χ2n) is 3.00. The molecule has 0 aliphatic carbocycles. The molecule has 2 rings (SSSR count). The Bertz CT molecular complexity index is 516. The van der Waals surface area contributed by atoms with Crippen molar-refractivity contribution in [2.75, 3.05) is 5.73 Å². The van der Waals surface area contributed by atoms with Gasteiger partial charge in [-0.25, -0.2) is 9.78 Å². The minimum Gasteiger partial charge on any atom is -0.478 e. The first-order chi connectivity index (χ1) is 6.61. The molecule has 3 N–H and O–H groups in total. The van der Waals surface area contributed by atoms with Crippen molar-refractivity contribution in [3.8, 4) is 0 Å². The number of nitrogens with zero attached hydrogens (tertiary/aromatic N) is 2. The van der Waals surface area contributed by atoms with Crippen molar-refractivity contribution in [3.63, 3.8) is 0 Å². The van der Waals surface area contributed by atoms with Crippen LogP contribution in [0.1, 0.15) is 16.1 Å². The van der Waals surface area contributed by atoms with E-state index in [1.807, 2.05) is 0 Å². The number of nitrogen functional groups attached to an aromatic ring is 1. The Morgan fingerprint density at radius 1 is 1.64 bits per heavy atom. The Labute approximate surface area is 79.8 Å². The highest BCUT2D eigenvalue weighted by Gasteiger charge is 2.12. The number of hydrogen-bond acceptors (Lipinski definition) is 3. The Kier molecular flexibility index (Phi) is 1.67. The Hall–Kier alpha value is -2.04. The molecule has 14 heavy (non-hydrogen) atoms. The van der Waals surface area contributed by atoms with Gasteiger partial charge in [0.1, 0.15) is 11.4 Å². The summed E-state index contributed by atoms with van der Waals surface area (Å²) in [6.07, 6.45) is 1.69. The molecule has 0 amide bonds. The zero-order chi connectivity index (χ0) is 10.3. The lowest BCUT2D eigenvalue weighted by Crippen LogP contribution is -2.01. The van der Waals surface area contributed by atoms with Crippen LogP contribution in [0.5, 0.6) is 0 Å². The predicted octanol–water partition coefficient (Wildman–Crippen LogP) is 0.923. The number of imidazole rings is 1. The molecule has 2 aromatic heterocycles. The Morgan fingerprint density at radius 3 is 3.00 bits per heavy atom. The molecule has 0 unspecified atom stereocenters. The summed E-state index contributed by atoms with van der Waals surface area (Å²) in [5.74, 6) is -0.524. The highest BCUT2D eigenvalue weighted by Crippen LogP contribution is 2.16. The highest BCUT2D eigenvalue weighted by atomic mass is 16.4. The number of hydrogen-bond donors (Lipinski definition) is 2. The number of aromatic nitrogens is 2. The van der Waals surface area contributed by atoms with Crippen LogP contribution < -0.4 is 5.73 Å². The van der Waals surface area contributed by atoms with Gasteiger partial charge in [-0.05, 0) is 19.1 Å². The molecule has 5 heteroatoms. The molecule has 72 valence electrons. The number of pyridine rings is 1. The molecule has 0 aliphatic heterocycles. The fraction of sp³-hybridized carbons (Fsp3) is 0.111. The summed E-state index contributed by atoms with van der Waals surface area (Å²) in [5.41, 5.74) is 6.90. The fourth-order valence-corrected chi connectivity index (χ4v) is 1.37. The number of aryl methyl sites for hydroxylation is 1. The second-order valence-corrected chi connectivity index (χ2v) is 3.00. The van der Waals surface area contributed by atoms with E-state index in [4.69, 9.17) is 10.8 Å². The molecular formula is C9H9N3O2. The van der Waals surface area contributed by atoms with Crippen LogP contribution in [0, 0.1) is 6.92 Å². The van der Waals surface area contributed by atoms with Crippen LogP contribution in [0.4, 0.5) is 5.82 Å². The molecule has 0 fully saturated rings. The lowest BCUT2D eigenvalue weighted by atomic mass is 10.3. The van der Waals surface area contributed by atoms with E-state index in [0.29, 0.717) is 17.2 Å². The largest absolute Gasteiger partial charge is 0.478 e. The lowest BCUT2D eigenvalue weighted by molar-refractivity contribution is 0.0698. The molecule has 2 aromatic rings. The quantitative estimate of drug-likeness (QED) is 0.702. The maximum Gasteiger partial charge on any atom is 0.339 e. The van der Waals surface area contributed by atoms with E-state index in [0.717, 1.165) is 0 Å². The lowest BCUT2D eigenvalue weighted by Gasteiger charge is -1.98. The number of nitrogens with two attached hydrogens (primary N) is 1. The Balaban J connectivity index is 2.88. The highest BCUT2D eigenvalue weighted by molar-refractivity contribution is 5.94. The third-order valence-electron chi connectivity index (χ3n) is 2.10. The minimum absolute atomic E-state index is 0.160. The minimum atomic E-state index is -0.999. The third kappa shape index (κ3) is 1.02. The van der Waals surface area contributed by atoms with Gasteiger partial charge in [0.25, 0.3) is 0 Å². The maximum absolute atomic E-state index is 10.8. The van der Waals surface area contributed by atoms with Crippen molar-refractivity contribution < 1.29 is 9.90 Å². The summed E-state index contributed by atoms with van der Waals surface area (Å²) >= 11 is 0. The van der Waals surface area contributed by atoms with E-state index in [1.54, 1.807) is 23.6 Å². The molecule has 5 nitrogen and oxygen atoms in total. The van der Waals surface area contributed by atoms with Crippen LogP contribution in [0.2, 0.25) is 0 Å². The molecular weight excluding hydrogens is 182 g/mol. The van der Waals surface area contributed by atoms with E-state index in [2.05, 4.69) is 4.98 Å². The van der Waals surface area contributed by atoms with Crippen LogP contribution in [-0.2, 0) is 0 Å². The fourth-order valence-electron chi connectivity index (χ4n) is 1.37.